The summed E-state index contributed by atoms with van der Waals surface area (Å²) in [6.45, 7) is 5.79. The molecule has 170 valence electrons. The van der Waals surface area contributed by atoms with Gasteiger partial charge in [-0.05, 0) is 50.8 Å². The second-order valence-corrected chi connectivity index (χ2v) is 9.55. The third kappa shape index (κ3) is 4.06. The van der Waals surface area contributed by atoms with E-state index < -0.39 is 0 Å². The Morgan fingerprint density at radius 1 is 1.25 bits per heavy atom. The van der Waals surface area contributed by atoms with Gasteiger partial charge in [-0.2, -0.15) is 0 Å². The fourth-order valence-corrected chi connectivity index (χ4v) is 5.18. The van der Waals surface area contributed by atoms with Crippen LogP contribution in [-0.4, -0.2) is 52.4 Å². The van der Waals surface area contributed by atoms with Crippen molar-refractivity contribution in [2.24, 2.45) is 5.92 Å². The fraction of sp³-hybridized carbons (Fsp3) is 0.560. The van der Waals surface area contributed by atoms with Crippen LogP contribution in [0.2, 0.25) is 0 Å². The van der Waals surface area contributed by atoms with Crippen LogP contribution < -0.4 is 10.3 Å². The molecule has 1 amide bonds. The highest BCUT2D eigenvalue weighted by Gasteiger charge is 2.33. The Balaban J connectivity index is 1.29. The third-order valence-electron chi connectivity index (χ3n) is 7.35. The number of carbonyl (C=O) groups is 1. The molecule has 3 heterocycles. The molecule has 0 bridgehead atoms. The molecule has 2 fully saturated rings. The zero-order valence-corrected chi connectivity index (χ0v) is 19.0. The molecule has 0 radical (unpaired) electrons. The van der Waals surface area contributed by atoms with E-state index in [-0.39, 0.29) is 23.3 Å². The van der Waals surface area contributed by atoms with E-state index in [0.29, 0.717) is 19.5 Å². The van der Waals surface area contributed by atoms with Crippen molar-refractivity contribution in [2.75, 3.05) is 26.7 Å². The largest absolute Gasteiger partial charge is 0.496 e. The zero-order valence-electron chi connectivity index (χ0n) is 19.0. The lowest BCUT2D eigenvalue weighted by Gasteiger charge is -2.34. The van der Waals surface area contributed by atoms with Gasteiger partial charge in [-0.25, -0.2) is 4.98 Å². The minimum Gasteiger partial charge on any atom is -0.496 e. The van der Waals surface area contributed by atoms with Crippen molar-refractivity contribution in [1.82, 2.24) is 19.8 Å². The molecule has 7 nitrogen and oxygen atoms in total. The maximum absolute atomic E-state index is 12.8. The van der Waals surface area contributed by atoms with E-state index in [4.69, 9.17) is 9.72 Å². The van der Waals surface area contributed by atoms with Gasteiger partial charge in [0.05, 0.1) is 19.3 Å². The van der Waals surface area contributed by atoms with Gasteiger partial charge in [0.25, 0.3) is 5.56 Å². The lowest BCUT2D eigenvalue weighted by atomic mass is 9.84. The van der Waals surface area contributed by atoms with E-state index in [0.717, 1.165) is 68.1 Å². The summed E-state index contributed by atoms with van der Waals surface area (Å²) < 4.78 is 5.57. The number of carbonyl (C=O) groups excluding carboxylic acids is 1. The summed E-state index contributed by atoms with van der Waals surface area (Å²) in [4.78, 5) is 37.7. The topological polar surface area (TPSA) is 78.5 Å². The zero-order chi connectivity index (χ0) is 22.2. The molecule has 1 saturated carbocycles. The molecule has 32 heavy (non-hydrogen) atoms. The molecule has 2 aliphatic heterocycles. The molecule has 1 saturated heterocycles. The van der Waals surface area contributed by atoms with E-state index in [1.807, 2.05) is 4.90 Å². The molecule has 0 spiro atoms. The van der Waals surface area contributed by atoms with E-state index in [9.17, 15) is 9.59 Å². The molecule has 1 aliphatic carbocycles. The standard InChI is InChI=1S/C25H32N4O3/c1-16-6-7-18(22(12-16)32-2)13-28-10-8-19(14-28)23-26-21-15-29(25(31)17-4-3-5-17)11-9-20(21)24(30)27-23/h6-7,12,17,19H,3-5,8-11,13-15H2,1-2H3,(H,26,27,30)/t19-/m1/s1. The second-order valence-electron chi connectivity index (χ2n) is 9.55. The predicted molar refractivity (Wildman–Crippen MR) is 122 cm³/mol. The number of H-pyrrole nitrogens is 1. The number of ether oxygens (including phenoxy) is 1. The van der Waals surface area contributed by atoms with E-state index >= 15 is 0 Å². The number of nitrogens with one attached hydrogen (secondary N) is 1. The summed E-state index contributed by atoms with van der Waals surface area (Å²) in [6.07, 6.45) is 4.70. The Morgan fingerprint density at radius 3 is 2.84 bits per heavy atom. The van der Waals surface area contributed by atoms with Crippen molar-refractivity contribution in [3.8, 4) is 5.75 Å². The smallest absolute Gasteiger partial charge is 0.254 e. The van der Waals surface area contributed by atoms with Gasteiger partial charge in [-0.3, -0.25) is 14.5 Å². The highest BCUT2D eigenvalue weighted by atomic mass is 16.5. The number of fused-ring (bicyclic) bond motifs is 1. The first-order chi connectivity index (χ1) is 15.5. The lowest BCUT2D eigenvalue weighted by molar-refractivity contribution is -0.139. The Bertz CT molecular complexity index is 1080. The van der Waals surface area contributed by atoms with Crippen LogP contribution in [0.5, 0.6) is 5.75 Å². The Labute approximate surface area is 188 Å². The number of amides is 1. The average molecular weight is 437 g/mol. The van der Waals surface area contributed by atoms with Crippen molar-refractivity contribution in [3.63, 3.8) is 0 Å². The van der Waals surface area contributed by atoms with Crippen LogP contribution in [-0.2, 0) is 24.3 Å². The number of benzene rings is 1. The third-order valence-corrected chi connectivity index (χ3v) is 7.35. The van der Waals surface area contributed by atoms with Gasteiger partial charge in [0.15, 0.2) is 0 Å². The highest BCUT2D eigenvalue weighted by molar-refractivity contribution is 5.79. The van der Waals surface area contributed by atoms with Crippen molar-refractivity contribution in [3.05, 3.63) is 56.8 Å². The van der Waals surface area contributed by atoms with E-state index in [1.54, 1.807) is 7.11 Å². The number of hydrogen-bond donors (Lipinski definition) is 1. The van der Waals surface area contributed by atoms with Crippen LogP contribution in [0.1, 0.15) is 59.8 Å². The van der Waals surface area contributed by atoms with E-state index in [1.165, 1.54) is 11.1 Å². The molecule has 5 rings (SSSR count). The maximum atomic E-state index is 12.8. The first-order valence-corrected chi connectivity index (χ1v) is 11.8. The summed E-state index contributed by atoms with van der Waals surface area (Å²) in [5.74, 6) is 2.31. The number of hydrogen-bond acceptors (Lipinski definition) is 5. The minimum atomic E-state index is -0.0283. The van der Waals surface area contributed by atoms with Crippen LogP contribution in [0, 0.1) is 12.8 Å². The van der Waals surface area contributed by atoms with Crippen LogP contribution in [0.15, 0.2) is 23.0 Å². The first kappa shape index (κ1) is 21.2. The molecule has 3 aliphatic rings. The van der Waals surface area contributed by atoms with Gasteiger partial charge >= 0.3 is 0 Å². The monoisotopic (exact) mass is 436 g/mol. The number of aromatic nitrogens is 2. The molecular formula is C25H32N4O3. The molecule has 2 aromatic rings. The Morgan fingerprint density at radius 2 is 2.09 bits per heavy atom. The SMILES string of the molecule is COc1cc(C)ccc1CN1CC[C@@H](c2nc3c(c(=O)[nH]2)CCN(C(=O)C2CCC2)C3)C1. The quantitative estimate of drug-likeness (QED) is 0.780. The predicted octanol–water partition coefficient (Wildman–Crippen LogP) is 2.76. The first-order valence-electron chi connectivity index (χ1n) is 11.8. The molecule has 1 aromatic carbocycles. The van der Waals surface area contributed by atoms with Crippen molar-refractivity contribution in [1.29, 1.82) is 0 Å². The summed E-state index contributed by atoms with van der Waals surface area (Å²) in [5.41, 5.74) is 3.88. The normalized spacial score (nSPS) is 21.3. The van der Waals surface area contributed by atoms with Crippen molar-refractivity contribution < 1.29 is 9.53 Å². The van der Waals surface area contributed by atoms with Crippen LogP contribution >= 0.6 is 0 Å². The average Bonchev–Trinajstić information content (AvgIpc) is 3.22. The summed E-state index contributed by atoms with van der Waals surface area (Å²) in [7, 11) is 1.71. The van der Waals surface area contributed by atoms with Gasteiger partial charge in [0, 0.05) is 42.6 Å². The number of nitrogens with zero attached hydrogens (tertiary/aromatic N) is 3. The number of methoxy groups -OCH3 is 1. The fourth-order valence-electron chi connectivity index (χ4n) is 5.18. The van der Waals surface area contributed by atoms with Crippen molar-refractivity contribution >= 4 is 5.91 Å². The number of aromatic amines is 1. The van der Waals surface area contributed by atoms with Gasteiger partial charge in [-0.15, -0.1) is 0 Å². The summed E-state index contributed by atoms with van der Waals surface area (Å²) >= 11 is 0. The number of rotatable bonds is 5. The van der Waals surface area contributed by atoms with Crippen LogP contribution in [0.4, 0.5) is 0 Å². The number of aryl methyl sites for hydroxylation is 1. The molecule has 1 atom stereocenters. The van der Waals surface area contributed by atoms with Gasteiger partial charge in [-0.1, -0.05) is 18.6 Å². The Kier molecular flexibility index (Phi) is 5.76. The Hall–Kier alpha value is -2.67. The van der Waals surface area contributed by atoms with Crippen LogP contribution in [0.3, 0.4) is 0 Å². The van der Waals surface area contributed by atoms with E-state index in [2.05, 4.69) is 35.0 Å². The number of likely N-dealkylation sites (tertiary alicyclic amines) is 1. The van der Waals surface area contributed by atoms with Crippen LogP contribution in [0.25, 0.3) is 0 Å². The summed E-state index contributed by atoms with van der Waals surface area (Å²) in [5, 5.41) is 0. The molecule has 1 N–H and O–H groups in total. The van der Waals surface area contributed by atoms with Gasteiger partial charge < -0.3 is 14.6 Å². The van der Waals surface area contributed by atoms with Gasteiger partial charge in [0.2, 0.25) is 5.91 Å². The highest BCUT2D eigenvalue weighted by Crippen LogP contribution is 2.31. The maximum Gasteiger partial charge on any atom is 0.254 e. The molecular weight excluding hydrogens is 404 g/mol. The second kappa shape index (κ2) is 8.70. The minimum absolute atomic E-state index is 0.0283. The molecule has 1 aromatic heterocycles. The lowest BCUT2D eigenvalue weighted by Crippen LogP contribution is -2.43. The summed E-state index contributed by atoms with van der Waals surface area (Å²) in [6, 6.07) is 6.32. The molecule has 0 unspecified atom stereocenters. The molecule has 7 heteroatoms. The van der Waals surface area contributed by atoms with Crippen molar-refractivity contribution in [2.45, 2.75) is 58.0 Å². The van der Waals surface area contributed by atoms with Gasteiger partial charge in [0.1, 0.15) is 11.6 Å².